The number of aromatic hydroxyl groups is 1. The molecule has 1 heterocycles. The number of carbonyl (C=O) groups is 1. The zero-order chi connectivity index (χ0) is 21.5. The number of guanidine groups is 1. The van der Waals surface area contributed by atoms with Crippen molar-refractivity contribution in [2.75, 3.05) is 49.5 Å². The van der Waals surface area contributed by atoms with Gasteiger partial charge in [-0.25, -0.2) is 4.99 Å². The minimum Gasteiger partial charge on any atom is -0.508 e. The predicted octanol–water partition coefficient (Wildman–Crippen LogP) is 2.74. The lowest BCUT2D eigenvalue weighted by atomic mass is 10.1. The molecule has 2 aromatic carbocycles. The molecule has 0 radical (unpaired) electrons. The molecule has 1 saturated heterocycles. The molecule has 0 spiro atoms. The summed E-state index contributed by atoms with van der Waals surface area (Å²) in [4.78, 5) is 21.4. The van der Waals surface area contributed by atoms with E-state index in [0.717, 1.165) is 38.7 Å². The van der Waals surface area contributed by atoms with Crippen molar-refractivity contribution < 1.29 is 9.90 Å². The van der Waals surface area contributed by atoms with Crippen LogP contribution in [0.5, 0.6) is 5.75 Å². The van der Waals surface area contributed by atoms with Crippen LogP contribution in [0, 0.1) is 13.8 Å². The molecular formula is C23H31N5O2. The summed E-state index contributed by atoms with van der Waals surface area (Å²) in [7, 11) is 0. The Kier molecular flexibility index (Phi) is 7.17. The summed E-state index contributed by atoms with van der Waals surface area (Å²) in [6.45, 7) is 10.7. The van der Waals surface area contributed by atoms with Gasteiger partial charge in [0.25, 0.3) is 0 Å². The van der Waals surface area contributed by atoms with E-state index in [4.69, 9.17) is 0 Å². The fourth-order valence-electron chi connectivity index (χ4n) is 3.56. The Morgan fingerprint density at radius 2 is 1.77 bits per heavy atom. The molecular weight excluding hydrogens is 378 g/mol. The third-order valence-electron chi connectivity index (χ3n) is 5.35. The molecule has 3 rings (SSSR count). The molecule has 160 valence electrons. The smallest absolute Gasteiger partial charge is 0.246 e. The molecule has 0 aromatic heterocycles. The van der Waals surface area contributed by atoms with Crippen molar-refractivity contribution in [2.45, 2.75) is 20.8 Å². The molecule has 0 saturated carbocycles. The monoisotopic (exact) mass is 409 g/mol. The SMILES string of the molecule is CCNC(=NCC(=O)Nc1ccc(O)cc1)N1CCN(c2cccc(C)c2C)CC1. The highest BCUT2D eigenvalue weighted by Gasteiger charge is 2.21. The maximum atomic E-state index is 12.3. The summed E-state index contributed by atoms with van der Waals surface area (Å²) < 4.78 is 0. The van der Waals surface area contributed by atoms with Gasteiger partial charge < -0.3 is 25.5 Å². The van der Waals surface area contributed by atoms with Crippen molar-refractivity contribution in [1.82, 2.24) is 10.2 Å². The van der Waals surface area contributed by atoms with Gasteiger partial charge in [-0.15, -0.1) is 0 Å². The van der Waals surface area contributed by atoms with E-state index in [1.165, 1.54) is 16.8 Å². The van der Waals surface area contributed by atoms with Gasteiger partial charge >= 0.3 is 0 Å². The summed E-state index contributed by atoms with van der Waals surface area (Å²) in [6.07, 6.45) is 0. The Morgan fingerprint density at radius 1 is 1.07 bits per heavy atom. The number of phenolic OH excluding ortho intramolecular Hbond substituents is 1. The number of anilines is 2. The summed E-state index contributed by atoms with van der Waals surface area (Å²) >= 11 is 0. The van der Waals surface area contributed by atoms with Gasteiger partial charge in [0.2, 0.25) is 5.91 Å². The van der Waals surface area contributed by atoms with Crippen LogP contribution in [0.25, 0.3) is 0 Å². The Bertz CT molecular complexity index is 887. The van der Waals surface area contributed by atoms with Crippen molar-refractivity contribution in [3.63, 3.8) is 0 Å². The first-order valence-electron chi connectivity index (χ1n) is 10.4. The molecule has 1 aliphatic heterocycles. The number of piperazine rings is 1. The normalized spacial score (nSPS) is 14.6. The number of benzene rings is 2. The maximum Gasteiger partial charge on any atom is 0.246 e. The van der Waals surface area contributed by atoms with Crippen LogP contribution >= 0.6 is 0 Å². The zero-order valence-electron chi connectivity index (χ0n) is 18.0. The molecule has 0 unspecified atom stereocenters. The number of carbonyl (C=O) groups excluding carboxylic acids is 1. The van der Waals surface area contributed by atoms with Crippen molar-refractivity contribution >= 4 is 23.2 Å². The Morgan fingerprint density at radius 3 is 2.43 bits per heavy atom. The lowest BCUT2D eigenvalue weighted by molar-refractivity contribution is -0.114. The average Bonchev–Trinajstić information content (AvgIpc) is 2.75. The number of hydrogen-bond acceptors (Lipinski definition) is 4. The summed E-state index contributed by atoms with van der Waals surface area (Å²) in [5.41, 5.74) is 4.58. The van der Waals surface area contributed by atoms with Gasteiger partial charge in [0.05, 0.1) is 0 Å². The zero-order valence-corrected chi connectivity index (χ0v) is 18.0. The maximum absolute atomic E-state index is 12.3. The Labute approximate surface area is 178 Å². The number of nitrogens with zero attached hydrogens (tertiary/aromatic N) is 3. The van der Waals surface area contributed by atoms with Crippen molar-refractivity contribution in [1.29, 1.82) is 0 Å². The standard InChI is InChI=1S/C23H31N5O2/c1-4-24-23(25-16-22(30)26-19-8-10-20(29)11-9-19)28-14-12-27(13-15-28)21-7-5-6-17(2)18(21)3/h5-11,29H,4,12-16H2,1-3H3,(H,24,25)(H,26,30). The predicted molar refractivity (Wildman–Crippen MR) is 122 cm³/mol. The second-order valence-electron chi connectivity index (χ2n) is 7.46. The highest BCUT2D eigenvalue weighted by atomic mass is 16.3. The highest BCUT2D eigenvalue weighted by Crippen LogP contribution is 2.23. The van der Waals surface area contributed by atoms with E-state index >= 15 is 0 Å². The van der Waals surface area contributed by atoms with Gasteiger partial charge in [0, 0.05) is 44.1 Å². The van der Waals surface area contributed by atoms with Crippen molar-refractivity contribution in [2.24, 2.45) is 4.99 Å². The minimum absolute atomic E-state index is 0.0421. The quantitative estimate of drug-likeness (QED) is 0.402. The lowest BCUT2D eigenvalue weighted by Crippen LogP contribution is -2.53. The molecule has 2 aromatic rings. The molecule has 1 aliphatic rings. The van der Waals surface area contributed by atoms with E-state index in [2.05, 4.69) is 57.5 Å². The van der Waals surface area contributed by atoms with Gasteiger partial charge in [0.15, 0.2) is 5.96 Å². The third-order valence-corrected chi connectivity index (χ3v) is 5.35. The van der Waals surface area contributed by atoms with Crippen molar-refractivity contribution in [3.05, 3.63) is 53.6 Å². The average molecular weight is 410 g/mol. The number of rotatable bonds is 5. The van der Waals surface area contributed by atoms with E-state index < -0.39 is 0 Å². The first-order chi connectivity index (χ1) is 14.5. The molecule has 7 heteroatoms. The second kappa shape index (κ2) is 10.0. The second-order valence-corrected chi connectivity index (χ2v) is 7.46. The molecule has 1 amide bonds. The van der Waals surface area contributed by atoms with E-state index in [-0.39, 0.29) is 18.2 Å². The third kappa shape index (κ3) is 5.43. The molecule has 7 nitrogen and oxygen atoms in total. The van der Waals surface area contributed by atoms with Crippen LogP contribution in [0.4, 0.5) is 11.4 Å². The fourth-order valence-corrected chi connectivity index (χ4v) is 3.56. The van der Waals surface area contributed by atoms with Crippen LogP contribution in [0.1, 0.15) is 18.1 Å². The summed E-state index contributed by atoms with van der Waals surface area (Å²) in [6, 6.07) is 12.8. The number of hydrogen-bond donors (Lipinski definition) is 3. The molecule has 0 aliphatic carbocycles. The first kappa shape index (κ1) is 21.5. The van der Waals surface area contributed by atoms with Crippen LogP contribution in [0.3, 0.4) is 0 Å². The minimum atomic E-state index is -0.190. The highest BCUT2D eigenvalue weighted by molar-refractivity contribution is 5.94. The van der Waals surface area contributed by atoms with Gasteiger partial charge in [0.1, 0.15) is 12.3 Å². The van der Waals surface area contributed by atoms with Gasteiger partial charge in [-0.05, 0) is 62.2 Å². The van der Waals surface area contributed by atoms with Crippen LogP contribution in [-0.4, -0.2) is 61.1 Å². The van der Waals surface area contributed by atoms with Crippen LogP contribution in [-0.2, 0) is 4.79 Å². The number of amides is 1. The largest absolute Gasteiger partial charge is 0.508 e. The number of aryl methyl sites for hydroxylation is 1. The number of phenols is 1. The number of nitrogens with one attached hydrogen (secondary N) is 2. The van der Waals surface area contributed by atoms with Crippen LogP contribution in [0.15, 0.2) is 47.5 Å². The van der Waals surface area contributed by atoms with Gasteiger partial charge in [-0.2, -0.15) is 0 Å². The van der Waals surface area contributed by atoms with Crippen LogP contribution < -0.4 is 15.5 Å². The van der Waals surface area contributed by atoms with Gasteiger partial charge in [-0.3, -0.25) is 4.79 Å². The summed E-state index contributed by atoms with van der Waals surface area (Å²) in [5, 5.41) is 15.4. The Hall–Kier alpha value is -3.22. The van der Waals surface area contributed by atoms with E-state index in [1.54, 1.807) is 24.3 Å². The number of aliphatic imine (C=N–C) groups is 1. The topological polar surface area (TPSA) is 80.2 Å². The summed E-state index contributed by atoms with van der Waals surface area (Å²) in [5.74, 6) is 0.740. The van der Waals surface area contributed by atoms with E-state index in [0.29, 0.717) is 5.69 Å². The molecule has 0 atom stereocenters. The van der Waals surface area contributed by atoms with E-state index in [1.807, 2.05) is 6.92 Å². The van der Waals surface area contributed by atoms with Crippen molar-refractivity contribution in [3.8, 4) is 5.75 Å². The van der Waals surface area contributed by atoms with E-state index in [9.17, 15) is 9.90 Å². The van der Waals surface area contributed by atoms with Gasteiger partial charge in [-0.1, -0.05) is 12.1 Å². The molecule has 1 fully saturated rings. The fraction of sp³-hybridized carbons (Fsp3) is 0.391. The molecule has 30 heavy (non-hydrogen) atoms. The Balaban J connectivity index is 1.59. The first-order valence-corrected chi connectivity index (χ1v) is 10.4. The lowest BCUT2D eigenvalue weighted by Gasteiger charge is -2.38. The molecule has 3 N–H and O–H groups in total. The molecule has 0 bridgehead atoms. The van der Waals surface area contributed by atoms with Crippen LogP contribution in [0.2, 0.25) is 0 Å².